The molecule has 0 aliphatic heterocycles. The summed E-state index contributed by atoms with van der Waals surface area (Å²) in [4.78, 5) is 14.3. The number of nitrogens with zero attached hydrogens (tertiary/aromatic N) is 1. The lowest BCUT2D eigenvalue weighted by Crippen LogP contribution is -2.30. The molecule has 2 nitrogen and oxygen atoms in total. The summed E-state index contributed by atoms with van der Waals surface area (Å²) in [6.45, 7) is 4.77. The average molecular weight is 253 g/mol. The van der Waals surface area contributed by atoms with Crippen LogP contribution in [0, 0.1) is 0 Å². The molecular formula is C17H19NO. The first kappa shape index (κ1) is 13.3. The fourth-order valence-electron chi connectivity index (χ4n) is 2.09. The minimum Gasteiger partial charge on any atom is -0.309 e. The van der Waals surface area contributed by atoms with Crippen molar-refractivity contribution in [3.05, 3.63) is 65.7 Å². The molecule has 2 rings (SSSR count). The highest BCUT2D eigenvalue weighted by molar-refractivity contribution is 6.06. The first-order valence-electron chi connectivity index (χ1n) is 6.72. The second-order valence-electron chi connectivity index (χ2n) is 4.44. The molecule has 0 atom stereocenters. The van der Waals surface area contributed by atoms with Crippen molar-refractivity contribution in [2.24, 2.45) is 0 Å². The van der Waals surface area contributed by atoms with E-state index in [1.807, 2.05) is 61.5 Å². The van der Waals surface area contributed by atoms with Gasteiger partial charge in [0.25, 0.3) is 5.91 Å². The average Bonchev–Trinajstić information content (AvgIpc) is 2.49. The first-order valence-corrected chi connectivity index (χ1v) is 6.72. The Morgan fingerprint density at radius 2 is 1.58 bits per heavy atom. The van der Waals surface area contributed by atoms with Gasteiger partial charge < -0.3 is 4.90 Å². The van der Waals surface area contributed by atoms with Gasteiger partial charge in [0.15, 0.2) is 0 Å². The summed E-state index contributed by atoms with van der Waals surface area (Å²) in [5.74, 6) is 0.0522. The summed E-state index contributed by atoms with van der Waals surface area (Å²) < 4.78 is 0. The van der Waals surface area contributed by atoms with E-state index in [0.717, 1.165) is 17.7 Å². The first-order chi connectivity index (χ1) is 9.26. The number of carbonyl (C=O) groups excluding carboxylic acids is 1. The number of aryl methyl sites for hydroxylation is 1. The van der Waals surface area contributed by atoms with Gasteiger partial charge in [-0.1, -0.05) is 37.3 Å². The number of amides is 1. The van der Waals surface area contributed by atoms with Crippen molar-refractivity contribution in [2.45, 2.75) is 20.3 Å². The lowest BCUT2D eigenvalue weighted by molar-refractivity contribution is 0.0988. The number of carbonyl (C=O) groups is 1. The Labute approximate surface area is 114 Å². The van der Waals surface area contributed by atoms with Gasteiger partial charge in [0.1, 0.15) is 0 Å². The highest BCUT2D eigenvalue weighted by Gasteiger charge is 2.15. The normalized spacial score (nSPS) is 10.2. The number of anilines is 1. The van der Waals surface area contributed by atoms with Crippen molar-refractivity contribution in [1.82, 2.24) is 0 Å². The summed E-state index contributed by atoms with van der Waals surface area (Å²) in [7, 11) is 0. The zero-order valence-corrected chi connectivity index (χ0v) is 11.5. The van der Waals surface area contributed by atoms with E-state index in [2.05, 4.69) is 6.92 Å². The highest BCUT2D eigenvalue weighted by atomic mass is 16.2. The Kier molecular flexibility index (Phi) is 4.35. The van der Waals surface area contributed by atoms with Gasteiger partial charge in [-0.15, -0.1) is 0 Å². The lowest BCUT2D eigenvalue weighted by Gasteiger charge is -2.21. The Morgan fingerprint density at radius 1 is 0.947 bits per heavy atom. The molecule has 2 aromatic carbocycles. The summed E-state index contributed by atoms with van der Waals surface area (Å²) in [6, 6.07) is 17.6. The lowest BCUT2D eigenvalue weighted by atomic mass is 10.1. The van der Waals surface area contributed by atoms with E-state index < -0.39 is 0 Å². The predicted octanol–water partition coefficient (Wildman–Crippen LogP) is 3.92. The zero-order chi connectivity index (χ0) is 13.7. The van der Waals surface area contributed by atoms with Crippen LogP contribution < -0.4 is 4.90 Å². The van der Waals surface area contributed by atoms with Crippen LogP contribution in [0.5, 0.6) is 0 Å². The van der Waals surface area contributed by atoms with Crippen molar-refractivity contribution in [3.8, 4) is 0 Å². The molecule has 98 valence electrons. The third-order valence-electron chi connectivity index (χ3n) is 3.24. The molecule has 2 heteroatoms. The van der Waals surface area contributed by atoms with Crippen molar-refractivity contribution in [2.75, 3.05) is 11.4 Å². The largest absolute Gasteiger partial charge is 0.309 e. The SMILES string of the molecule is CCc1ccc(C(=O)N(CC)c2ccccc2)cc1. The van der Waals surface area contributed by atoms with Crippen molar-refractivity contribution < 1.29 is 4.79 Å². The van der Waals surface area contributed by atoms with Crippen LogP contribution in [0.1, 0.15) is 29.8 Å². The van der Waals surface area contributed by atoms with Gasteiger partial charge in [-0.2, -0.15) is 0 Å². The van der Waals surface area contributed by atoms with E-state index in [4.69, 9.17) is 0 Å². The maximum Gasteiger partial charge on any atom is 0.258 e. The number of para-hydroxylation sites is 1. The minimum absolute atomic E-state index is 0.0522. The molecule has 0 N–H and O–H groups in total. The molecular weight excluding hydrogens is 234 g/mol. The molecule has 0 aliphatic carbocycles. The van der Waals surface area contributed by atoms with Gasteiger partial charge in [-0.05, 0) is 43.2 Å². The van der Waals surface area contributed by atoms with E-state index in [-0.39, 0.29) is 5.91 Å². The monoisotopic (exact) mass is 253 g/mol. The molecule has 0 spiro atoms. The molecule has 0 saturated carbocycles. The van der Waals surface area contributed by atoms with Gasteiger partial charge in [0, 0.05) is 17.8 Å². The standard InChI is InChI=1S/C17H19NO/c1-3-14-10-12-15(13-11-14)17(19)18(4-2)16-8-6-5-7-9-16/h5-13H,3-4H2,1-2H3. The predicted molar refractivity (Wildman–Crippen MR) is 79.6 cm³/mol. The van der Waals surface area contributed by atoms with Crippen LogP contribution in [0.4, 0.5) is 5.69 Å². The second-order valence-corrected chi connectivity index (χ2v) is 4.44. The smallest absolute Gasteiger partial charge is 0.258 e. The molecule has 0 bridgehead atoms. The minimum atomic E-state index is 0.0522. The molecule has 0 unspecified atom stereocenters. The molecule has 0 aromatic heterocycles. The van der Waals surface area contributed by atoms with Crippen LogP contribution in [0.15, 0.2) is 54.6 Å². The quantitative estimate of drug-likeness (QED) is 0.808. The Hall–Kier alpha value is -2.09. The summed E-state index contributed by atoms with van der Waals surface area (Å²) in [5.41, 5.74) is 2.93. The van der Waals surface area contributed by atoms with Gasteiger partial charge in [-0.25, -0.2) is 0 Å². The van der Waals surface area contributed by atoms with E-state index in [0.29, 0.717) is 6.54 Å². The van der Waals surface area contributed by atoms with Crippen LogP contribution in [0.3, 0.4) is 0 Å². The van der Waals surface area contributed by atoms with Crippen LogP contribution >= 0.6 is 0 Å². The Bertz CT molecular complexity index is 531. The van der Waals surface area contributed by atoms with Gasteiger partial charge in [-0.3, -0.25) is 4.79 Å². The summed E-state index contributed by atoms with van der Waals surface area (Å²) in [6.07, 6.45) is 0.991. The summed E-state index contributed by atoms with van der Waals surface area (Å²) >= 11 is 0. The molecule has 2 aromatic rings. The highest BCUT2D eigenvalue weighted by Crippen LogP contribution is 2.17. The number of hydrogen-bond donors (Lipinski definition) is 0. The number of hydrogen-bond acceptors (Lipinski definition) is 1. The maximum absolute atomic E-state index is 12.5. The second kappa shape index (κ2) is 6.19. The van der Waals surface area contributed by atoms with Crippen molar-refractivity contribution in [1.29, 1.82) is 0 Å². The summed E-state index contributed by atoms with van der Waals surface area (Å²) in [5, 5.41) is 0. The number of rotatable bonds is 4. The third kappa shape index (κ3) is 3.02. The van der Waals surface area contributed by atoms with Gasteiger partial charge in [0.05, 0.1) is 0 Å². The van der Waals surface area contributed by atoms with Crippen LogP contribution in [0.25, 0.3) is 0 Å². The molecule has 0 saturated heterocycles. The number of benzene rings is 2. The Balaban J connectivity index is 2.25. The molecule has 19 heavy (non-hydrogen) atoms. The van der Waals surface area contributed by atoms with E-state index in [1.54, 1.807) is 4.90 Å². The van der Waals surface area contributed by atoms with E-state index in [9.17, 15) is 4.79 Å². The van der Waals surface area contributed by atoms with Gasteiger partial charge in [0.2, 0.25) is 0 Å². The van der Waals surface area contributed by atoms with Crippen molar-refractivity contribution >= 4 is 11.6 Å². The van der Waals surface area contributed by atoms with E-state index in [1.165, 1.54) is 5.56 Å². The zero-order valence-electron chi connectivity index (χ0n) is 11.5. The van der Waals surface area contributed by atoms with Crippen LogP contribution in [-0.4, -0.2) is 12.5 Å². The van der Waals surface area contributed by atoms with Crippen LogP contribution in [-0.2, 0) is 6.42 Å². The van der Waals surface area contributed by atoms with Crippen molar-refractivity contribution in [3.63, 3.8) is 0 Å². The van der Waals surface area contributed by atoms with Gasteiger partial charge >= 0.3 is 0 Å². The third-order valence-corrected chi connectivity index (χ3v) is 3.24. The van der Waals surface area contributed by atoms with E-state index >= 15 is 0 Å². The molecule has 0 heterocycles. The molecule has 0 aliphatic rings. The fraction of sp³-hybridized carbons (Fsp3) is 0.235. The maximum atomic E-state index is 12.5. The molecule has 1 amide bonds. The Morgan fingerprint density at radius 3 is 2.11 bits per heavy atom. The molecule has 0 fully saturated rings. The fourth-order valence-corrected chi connectivity index (χ4v) is 2.09. The molecule has 0 radical (unpaired) electrons. The van der Waals surface area contributed by atoms with Crippen LogP contribution in [0.2, 0.25) is 0 Å². The topological polar surface area (TPSA) is 20.3 Å².